The largest absolute Gasteiger partial charge is 0.381 e. The van der Waals surface area contributed by atoms with Crippen molar-refractivity contribution in [3.63, 3.8) is 0 Å². The van der Waals surface area contributed by atoms with Crippen molar-refractivity contribution >= 4 is 11.3 Å². The number of thiazole rings is 1. The summed E-state index contributed by atoms with van der Waals surface area (Å²) in [6, 6.07) is 0. The van der Waals surface area contributed by atoms with E-state index in [0.29, 0.717) is 5.92 Å². The molecular weight excluding hydrogens is 284 g/mol. The predicted molar refractivity (Wildman–Crippen MR) is 83.4 cm³/mol. The second-order valence-electron chi connectivity index (χ2n) is 5.60. The van der Waals surface area contributed by atoms with Gasteiger partial charge in [-0.3, -0.25) is 9.58 Å². The second-order valence-corrected chi connectivity index (χ2v) is 6.54. The van der Waals surface area contributed by atoms with Gasteiger partial charge in [-0.25, -0.2) is 4.98 Å². The lowest BCUT2D eigenvalue weighted by Gasteiger charge is -2.31. The van der Waals surface area contributed by atoms with Crippen LogP contribution < -0.4 is 0 Å². The second kappa shape index (κ2) is 6.25. The van der Waals surface area contributed by atoms with Gasteiger partial charge in [-0.2, -0.15) is 5.10 Å². The fourth-order valence-corrected chi connectivity index (χ4v) is 3.74. The van der Waals surface area contributed by atoms with Gasteiger partial charge in [0.1, 0.15) is 0 Å². The van der Waals surface area contributed by atoms with Gasteiger partial charge in [0.15, 0.2) is 0 Å². The van der Waals surface area contributed by atoms with Gasteiger partial charge in [0.05, 0.1) is 23.5 Å². The van der Waals surface area contributed by atoms with E-state index in [4.69, 9.17) is 4.74 Å². The molecule has 1 atom stereocenters. The summed E-state index contributed by atoms with van der Waals surface area (Å²) in [5, 5.41) is 4.63. The maximum Gasteiger partial charge on any atom is 0.0798 e. The molecule has 0 amide bonds. The first-order chi connectivity index (χ1) is 10.2. The summed E-state index contributed by atoms with van der Waals surface area (Å²) >= 11 is 1.74. The van der Waals surface area contributed by atoms with Crippen LogP contribution in [-0.2, 0) is 24.9 Å². The number of hydrogen-bond acceptors (Lipinski definition) is 5. The lowest BCUT2D eigenvalue weighted by Crippen LogP contribution is -2.34. The molecule has 6 heteroatoms. The van der Waals surface area contributed by atoms with Crippen LogP contribution >= 0.6 is 11.3 Å². The number of rotatable bonds is 5. The van der Waals surface area contributed by atoms with E-state index >= 15 is 0 Å². The Bertz CT molecular complexity index is 607. The van der Waals surface area contributed by atoms with Gasteiger partial charge < -0.3 is 4.74 Å². The van der Waals surface area contributed by atoms with Crippen molar-refractivity contribution in [2.24, 2.45) is 7.05 Å². The molecule has 1 aliphatic heterocycles. The van der Waals surface area contributed by atoms with Crippen LogP contribution in [0.2, 0.25) is 0 Å². The number of hydrogen-bond donors (Lipinski definition) is 0. The van der Waals surface area contributed by atoms with Gasteiger partial charge >= 0.3 is 0 Å². The Morgan fingerprint density at radius 2 is 2.33 bits per heavy atom. The smallest absolute Gasteiger partial charge is 0.0798 e. The molecule has 0 N–H and O–H groups in total. The average molecular weight is 306 g/mol. The summed E-state index contributed by atoms with van der Waals surface area (Å²) in [6.07, 6.45) is 2.14. The molecule has 1 unspecified atom stereocenters. The minimum Gasteiger partial charge on any atom is -0.381 e. The van der Waals surface area contributed by atoms with Crippen LogP contribution in [0.3, 0.4) is 0 Å². The molecular formula is C15H22N4OS. The average Bonchev–Trinajstić information content (AvgIpc) is 3.02. The molecule has 1 aliphatic rings. The SMILES string of the molecule is CCOCC1CN(Cc2scnc2C)Cc2cn(C)nc21. The quantitative estimate of drug-likeness (QED) is 0.850. The molecule has 3 rings (SSSR count). The number of fused-ring (bicyclic) bond motifs is 1. The zero-order valence-corrected chi connectivity index (χ0v) is 13.7. The van der Waals surface area contributed by atoms with E-state index in [9.17, 15) is 0 Å². The van der Waals surface area contributed by atoms with Crippen LogP contribution in [0.1, 0.15) is 34.7 Å². The molecule has 0 spiro atoms. The van der Waals surface area contributed by atoms with Gasteiger partial charge in [0, 0.05) is 55.8 Å². The lowest BCUT2D eigenvalue weighted by atomic mass is 9.97. The monoisotopic (exact) mass is 306 g/mol. The highest BCUT2D eigenvalue weighted by atomic mass is 32.1. The molecule has 0 aromatic carbocycles. The first-order valence-electron chi connectivity index (χ1n) is 7.38. The summed E-state index contributed by atoms with van der Waals surface area (Å²) in [6.45, 7) is 8.56. The van der Waals surface area contributed by atoms with Crippen molar-refractivity contribution in [1.82, 2.24) is 19.7 Å². The molecule has 5 nitrogen and oxygen atoms in total. The summed E-state index contributed by atoms with van der Waals surface area (Å²) in [7, 11) is 1.99. The van der Waals surface area contributed by atoms with Crippen LogP contribution in [0.4, 0.5) is 0 Å². The molecule has 0 fully saturated rings. The van der Waals surface area contributed by atoms with Crippen molar-refractivity contribution in [2.45, 2.75) is 32.9 Å². The summed E-state index contributed by atoms with van der Waals surface area (Å²) < 4.78 is 7.58. The topological polar surface area (TPSA) is 43.2 Å². The van der Waals surface area contributed by atoms with E-state index in [2.05, 4.69) is 28.1 Å². The molecule has 3 heterocycles. The van der Waals surface area contributed by atoms with E-state index in [0.717, 1.165) is 38.5 Å². The van der Waals surface area contributed by atoms with Crippen LogP contribution in [0.5, 0.6) is 0 Å². The molecule has 2 aromatic rings. The van der Waals surface area contributed by atoms with Gasteiger partial charge in [-0.05, 0) is 13.8 Å². The van der Waals surface area contributed by atoms with E-state index in [-0.39, 0.29) is 0 Å². The highest BCUT2D eigenvalue weighted by Crippen LogP contribution is 2.29. The first-order valence-corrected chi connectivity index (χ1v) is 8.26. The number of nitrogens with zero attached hydrogens (tertiary/aromatic N) is 4. The van der Waals surface area contributed by atoms with Crippen LogP contribution in [0.25, 0.3) is 0 Å². The molecule has 2 aromatic heterocycles. The number of aromatic nitrogens is 3. The Morgan fingerprint density at radius 1 is 1.48 bits per heavy atom. The predicted octanol–water partition coefficient (Wildman–Crippen LogP) is 2.32. The Hall–Kier alpha value is -1.24. The molecule has 0 saturated heterocycles. The van der Waals surface area contributed by atoms with E-state index < -0.39 is 0 Å². The fourth-order valence-electron chi connectivity index (χ4n) is 2.92. The van der Waals surface area contributed by atoms with Crippen LogP contribution in [0, 0.1) is 6.92 Å². The normalized spacial score (nSPS) is 18.9. The Morgan fingerprint density at radius 3 is 3.05 bits per heavy atom. The molecule has 21 heavy (non-hydrogen) atoms. The zero-order chi connectivity index (χ0) is 14.8. The van der Waals surface area contributed by atoms with Crippen molar-refractivity contribution in [1.29, 1.82) is 0 Å². The fraction of sp³-hybridized carbons (Fsp3) is 0.600. The van der Waals surface area contributed by atoms with Crippen LogP contribution in [0.15, 0.2) is 11.7 Å². The third-order valence-corrected chi connectivity index (χ3v) is 4.85. The maximum absolute atomic E-state index is 5.66. The molecule has 0 bridgehead atoms. The van der Waals surface area contributed by atoms with Gasteiger partial charge in [-0.1, -0.05) is 0 Å². The highest BCUT2D eigenvalue weighted by molar-refractivity contribution is 7.09. The van der Waals surface area contributed by atoms with Crippen molar-refractivity contribution < 1.29 is 4.74 Å². The van der Waals surface area contributed by atoms with Crippen LogP contribution in [-0.4, -0.2) is 39.4 Å². The van der Waals surface area contributed by atoms with Gasteiger partial charge in [0.2, 0.25) is 0 Å². The summed E-state index contributed by atoms with van der Waals surface area (Å²) in [5.74, 6) is 0.364. The highest BCUT2D eigenvalue weighted by Gasteiger charge is 2.28. The standard InChI is InChI=1S/C15H22N4OS/c1-4-20-9-13-7-19(8-14-11(2)16-10-21-14)6-12-5-18(3)17-15(12)13/h5,10,13H,4,6-9H2,1-3H3. The molecule has 114 valence electrons. The third-order valence-electron chi connectivity index (χ3n) is 3.93. The van der Waals surface area contributed by atoms with E-state index in [1.54, 1.807) is 11.3 Å². The van der Waals surface area contributed by atoms with Gasteiger partial charge in [0.25, 0.3) is 0 Å². The van der Waals surface area contributed by atoms with Crippen molar-refractivity contribution in [3.8, 4) is 0 Å². The Kier molecular flexibility index (Phi) is 4.37. The first kappa shape index (κ1) is 14.7. The van der Waals surface area contributed by atoms with E-state index in [1.165, 1.54) is 16.1 Å². The molecule has 0 radical (unpaired) electrons. The number of ether oxygens (including phenoxy) is 1. The zero-order valence-electron chi connectivity index (χ0n) is 12.9. The molecule has 0 saturated carbocycles. The Balaban J connectivity index is 1.77. The molecule has 0 aliphatic carbocycles. The minimum atomic E-state index is 0.364. The minimum absolute atomic E-state index is 0.364. The van der Waals surface area contributed by atoms with Gasteiger partial charge in [-0.15, -0.1) is 11.3 Å². The summed E-state index contributed by atoms with van der Waals surface area (Å²) in [5.41, 5.74) is 5.62. The third kappa shape index (κ3) is 3.17. The summed E-state index contributed by atoms with van der Waals surface area (Å²) in [4.78, 5) is 8.19. The maximum atomic E-state index is 5.66. The Labute approximate surface area is 129 Å². The van der Waals surface area contributed by atoms with E-state index in [1.807, 2.05) is 24.2 Å². The van der Waals surface area contributed by atoms with Crippen molar-refractivity contribution in [2.75, 3.05) is 19.8 Å². The van der Waals surface area contributed by atoms with Crippen molar-refractivity contribution in [3.05, 3.63) is 33.5 Å². The lowest BCUT2D eigenvalue weighted by molar-refractivity contribution is 0.104. The number of aryl methyl sites for hydroxylation is 2.